The molecule has 1 aromatic rings. The molecule has 0 fully saturated rings. The largest absolute Gasteiger partial charge is 0.348 e. The second kappa shape index (κ2) is 3.66. The molecule has 0 spiro atoms. The van der Waals surface area contributed by atoms with Crippen molar-refractivity contribution in [1.29, 1.82) is 0 Å². The van der Waals surface area contributed by atoms with Gasteiger partial charge in [-0.15, -0.1) is 0 Å². The number of aromatic amines is 1. The van der Waals surface area contributed by atoms with E-state index in [4.69, 9.17) is 0 Å². The van der Waals surface area contributed by atoms with Gasteiger partial charge in [-0.25, -0.2) is 4.98 Å². The molecule has 1 unspecified atom stereocenters. The van der Waals surface area contributed by atoms with Crippen LogP contribution >= 0.6 is 11.8 Å². The van der Waals surface area contributed by atoms with Crippen molar-refractivity contribution in [3.63, 3.8) is 0 Å². The molecule has 10 heavy (non-hydrogen) atoms. The summed E-state index contributed by atoms with van der Waals surface area (Å²) in [5.74, 6) is 1.75. The number of H-pyrrole nitrogens is 1. The zero-order valence-corrected chi connectivity index (χ0v) is 7.11. The lowest BCUT2D eigenvalue weighted by Crippen LogP contribution is -1.95. The summed E-state index contributed by atoms with van der Waals surface area (Å²) >= 11 is 1.86. The van der Waals surface area contributed by atoms with Crippen LogP contribution in [0.15, 0.2) is 12.5 Å². The molecule has 1 atom stereocenters. The van der Waals surface area contributed by atoms with Crippen LogP contribution in [-0.4, -0.2) is 22.0 Å². The first-order valence-corrected chi connectivity index (χ1v) is 4.71. The molecule has 2 nitrogen and oxygen atoms in total. The van der Waals surface area contributed by atoms with Gasteiger partial charge in [0.25, 0.3) is 0 Å². The van der Waals surface area contributed by atoms with Gasteiger partial charge in [0.2, 0.25) is 0 Å². The summed E-state index contributed by atoms with van der Waals surface area (Å²) in [5.41, 5.74) is 1.23. The molecule has 56 valence electrons. The zero-order valence-electron chi connectivity index (χ0n) is 6.29. The number of hydrogen-bond donors (Lipinski definition) is 1. The number of hydrogen-bond acceptors (Lipinski definition) is 2. The van der Waals surface area contributed by atoms with Gasteiger partial charge >= 0.3 is 0 Å². The van der Waals surface area contributed by atoms with E-state index in [0.717, 1.165) is 5.75 Å². The van der Waals surface area contributed by atoms with Crippen molar-refractivity contribution in [1.82, 2.24) is 9.97 Å². The predicted molar refractivity (Wildman–Crippen MR) is 45.4 cm³/mol. The average molecular weight is 156 g/mol. The van der Waals surface area contributed by atoms with E-state index in [0.29, 0.717) is 5.92 Å². The van der Waals surface area contributed by atoms with Gasteiger partial charge in [0.05, 0.1) is 6.33 Å². The van der Waals surface area contributed by atoms with E-state index in [1.54, 1.807) is 6.33 Å². The van der Waals surface area contributed by atoms with Crippen molar-refractivity contribution in [3.8, 4) is 0 Å². The average Bonchev–Trinajstić information content (AvgIpc) is 2.38. The molecule has 0 aromatic carbocycles. The number of aromatic nitrogens is 2. The van der Waals surface area contributed by atoms with E-state index >= 15 is 0 Å². The van der Waals surface area contributed by atoms with E-state index in [1.165, 1.54) is 5.69 Å². The first-order valence-electron chi connectivity index (χ1n) is 3.31. The Hall–Kier alpha value is -0.440. The van der Waals surface area contributed by atoms with E-state index in [9.17, 15) is 0 Å². The first kappa shape index (κ1) is 7.66. The molecular formula is C7H12N2S. The number of thioether (sulfide) groups is 1. The summed E-state index contributed by atoms with van der Waals surface area (Å²) < 4.78 is 0. The highest BCUT2D eigenvalue weighted by molar-refractivity contribution is 7.98. The van der Waals surface area contributed by atoms with Crippen molar-refractivity contribution in [3.05, 3.63) is 18.2 Å². The molecule has 0 amide bonds. The van der Waals surface area contributed by atoms with Crippen LogP contribution in [0.5, 0.6) is 0 Å². The number of rotatable bonds is 3. The highest BCUT2D eigenvalue weighted by atomic mass is 32.2. The second-order valence-electron chi connectivity index (χ2n) is 2.36. The maximum Gasteiger partial charge on any atom is 0.0921 e. The van der Waals surface area contributed by atoms with Gasteiger partial charge in [-0.2, -0.15) is 11.8 Å². The molecule has 1 rings (SSSR count). The van der Waals surface area contributed by atoms with Crippen LogP contribution in [0.2, 0.25) is 0 Å². The van der Waals surface area contributed by atoms with Crippen LogP contribution in [0.1, 0.15) is 18.5 Å². The molecule has 0 radical (unpaired) electrons. The minimum absolute atomic E-state index is 0.595. The van der Waals surface area contributed by atoms with Crippen molar-refractivity contribution < 1.29 is 0 Å². The SMILES string of the molecule is CSCC(C)c1cnc[nH]1. The normalized spacial score (nSPS) is 13.4. The molecule has 1 N–H and O–H groups in total. The fraction of sp³-hybridized carbons (Fsp3) is 0.571. The van der Waals surface area contributed by atoms with Crippen LogP contribution in [0.4, 0.5) is 0 Å². The highest BCUT2D eigenvalue weighted by Crippen LogP contribution is 2.15. The van der Waals surface area contributed by atoms with Gasteiger partial charge in [-0.3, -0.25) is 0 Å². The van der Waals surface area contributed by atoms with Gasteiger partial charge < -0.3 is 4.98 Å². The Labute approximate surface area is 65.4 Å². The van der Waals surface area contributed by atoms with Gasteiger partial charge in [0, 0.05) is 23.6 Å². The summed E-state index contributed by atoms with van der Waals surface area (Å²) in [6.07, 6.45) is 5.74. The Morgan fingerprint density at radius 3 is 3.10 bits per heavy atom. The van der Waals surface area contributed by atoms with E-state index in [2.05, 4.69) is 23.1 Å². The molecule has 0 bridgehead atoms. The highest BCUT2D eigenvalue weighted by Gasteiger charge is 2.03. The third kappa shape index (κ3) is 1.77. The third-order valence-electron chi connectivity index (χ3n) is 1.47. The fourth-order valence-corrected chi connectivity index (χ4v) is 1.56. The van der Waals surface area contributed by atoms with E-state index in [1.807, 2.05) is 18.0 Å². The predicted octanol–water partition coefficient (Wildman–Crippen LogP) is 1.88. The fourth-order valence-electron chi connectivity index (χ4n) is 0.876. The van der Waals surface area contributed by atoms with Crippen LogP contribution < -0.4 is 0 Å². The molecule has 0 aliphatic heterocycles. The van der Waals surface area contributed by atoms with Crippen molar-refractivity contribution in [2.24, 2.45) is 0 Å². The molecule has 1 aromatic heterocycles. The summed E-state index contributed by atoms with van der Waals surface area (Å²) in [4.78, 5) is 7.06. The maximum absolute atomic E-state index is 3.96. The van der Waals surface area contributed by atoms with E-state index < -0.39 is 0 Å². The lowest BCUT2D eigenvalue weighted by Gasteiger charge is -2.04. The smallest absolute Gasteiger partial charge is 0.0921 e. The minimum atomic E-state index is 0.595. The Morgan fingerprint density at radius 2 is 2.60 bits per heavy atom. The monoisotopic (exact) mass is 156 g/mol. The van der Waals surface area contributed by atoms with E-state index in [-0.39, 0.29) is 0 Å². The molecule has 0 aliphatic carbocycles. The molecular weight excluding hydrogens is 144 g/mol. The molecule has 0 aliphatic rings. The number of nitrogens with one attached hydrogen (secondary N) is 1. The number of nitrogens with zero attached hydrogens (tertiary/aromatic N) is 1. The topological polar surface area (TPSA) is 28.7 Å². The molecule has 3 heteroatoms. The van der Waals surface area contributed by atoms with Crippen molar-refractivity contribution >= 4 is 11.8 Å². The van der Waals surface area contributed by atoms with Crippen LogP contribution in [0.25, 0.3) is 0 Å². The third-order valence-corrected chi connectivity index (χ3v) is 2.30. The lowest BCUT2D eigenvalue weighted by atomic mass is 10.1. The quantitative estimate of drug-likeness (QED) is 0.723. The Kier molecular flexibility index (Phi) is 2.81. The Morgan fingerprint density at radius 1 is 1.80 bits per heavy atom. The second-order valence-corrected chi connectivity index (χ2v) is 3.27. The molecule has 0 saturated carbocycles. The van der Waals surface area contributed by atoms with Crippen LogP contribution in [0, 0.1) is 0 Å². The van der Waals surface area contributed by atoms with Gasteiger partial charge in [0.15, 0.2) is 0 Å². The summed E-state index contributed by atoms with van der Waals surface area (Å²) in [7, 11) is 0. The summed E-state index contributed by atoms with van der Waals surface area (Å²) in [5, 5.41) is 0. The molecule has 1 heterocycles. The summed E-state index contributed by atoms with van der Waals surface area (Å²) in [6, 6.07) is 0. The maximum atomic E-state index is 3.96. The van der Waals surface area contributed by atoms with Crippen LogP contribution in [0.3, 0.4) is 0 Å². The van der Waals surface area contributed by atoms with Crippen molar-refractivity contribution in [2.75, 3.05) is 12.0 Å². The minimum Gasteiger partial charge on any atom is -0.348 e. The Bertz CT molecular complexity index is 172. The molecule has 0 saturated heterocycles. The van der Waals surface area contributed by atoms with Gasteiger partial charge in [-0.1, -0.05) is 6.92 Å². The number of imidazole rings is 1. The first-order chi connectivity index (χ1) is 4.84. The standard InChI is InChI=1S/C7H12N2S/c1-6(4-10-2)7-3-8-5-9-7/h3,5-6H,4H2,1-2H3,(H,8,9). The zero-order chi connectivity index (χ0) is 7.40. The Balaban J connectivity index is 2.50. The summed E-state index contributed by atoms with van der Waals surface area (Å²) in [6.45, 7) is 2.20. The van der Waals surface area contributed by atoms with Crippen LogP contribution in [-0.2, 0) is 0 Å². The van der Waals surface area contributed by atoms with Gasteiger partial charge in [0.1, 0.15) is 0 Å². The lowest BCUT2D eigenvalue weighted by molar-refractivity contribution is 0.846. The van der Waals surface area contributed by atoms with Gasteiger partial charge in [-0.05, 0) is 6.26 Å². The van der Waals surface area contributed by atoms with Crippen molar-refractivity contribution in [2.45, 2.75) is 12.8 Å².